The van der Waals surface area contributed by atoms with Gasteiger partial charge in [-0.2, -0.15) is 0 Å². The van der Waals surface area contributed by atoms with E-state index in [1.165, 1.54) is 6.07 Å². The summed E-state index contributed by atoms with van der Waals surface area (Å²) in [5, 5.41) is 2.59. The SMILES string of the molecule is CCNC1c2ccc(F)cc2S(=O)(=O)C1C. The van der Waals surface area contributed by atoms with Crippen LogP contribution in [0.15, 0.2) is 23.1 Å². The molecular weight excluding hydrogens is 229 g/mol. The molecule has 1 aliphatic heterocycles. The Hall–Kier alpha value is -0.940. The van der Waals surface area contributed by atoms with Crippen LogP contribution in [-0.2, 0) is 9.84 Å². The maximum Gasteiger partial charge on any atom is 0.183 e. The molecule has 1 N–H and O–H groups in total. The number of sulfone groups is 1. The Kier molecular flexibility index (Phi) is 2.75. The third kappa shape index (κ3) is 1.55. The molecule has 1 heterocycles. The van der Waals surface area contributed by atoms with Gasteiger partial charge in [0.25, 0.3) is 0 Å². The predicted molar refractivity (Wildman–Crippen MR) is 59.5 cm³/mol. The zero-order chi connectivity index (χ0) is 11.9. The van der Waals surface area contributed by atoms with Gasteiger partial charge in [0.2, 0.25) is 0 Å². The number of benzene rings is 1. The number of halogens is 1. The molecule has 0 bridgehead atoms. The Balaban J connectivity index is 2.60. The number of hydrogen-bond donors (Lipinski definition) is 1. The first-order chi connectivity index (χ1) is 7.48. The minimum atomic E-state index is -3.38. The molecule has 0 aliphatic carbocycles. The van der Waals surface area contributed by atoms with Crippen molar-refractivity contribution in [1.29, 1.82) is 0 Å². The number of fused-ring (bicyclic) bond motifs is 1. The molecule has 0 radical (unpaired) electrons. The van der Waals surface area contributed by atoms with Crippen molar-refractivity contribution in [3.63, 3.8) is 0 Å². The summed E-state index contributed by atoms with van der Waals surface area (Å²) < 4.78 is 37.1. The lowest BCUT2D eigenvalue weighted by atomic mass is 10.0. The van der Waals surface area contributed by atoms with Crippen molar-refractivity contribution in [2.75, 3.05) is 6.54 Å². The first-order valence-electron chi connectivity index (χ1n) is 5.25. The van der Waals surface area contributed by atoms with Crippen molar-refractivity contribution in [3.8, 4) is 0 Å². The lowest BCUT2D eigenvalue weighted by molar-refractivity contribution is 0.529. The van der Waals surface area contributed by atoms with Crippen molar-refractivity contribution in [1.82, 2.24) is 5.32 Å². The highest BCUT2D eigenvalue weighted by Gasteiger charge is 2.41. The zero-order valence-corrected chi connectivity index (χ0v) is 10.0. The van der Waals surface area contributed by atoms with Gasteiger partial charge in [-0.15, -0.1) is 0 Å². The molecule has 88 valence electrons. The summed E-state index contributed by atoms with van der Waals surface area (Å²) in [5.41, 5.74) is 0.677. The molecule has 2 unspecified atom stereocenters. The normalized spacial score (nSPS) is 26.7. The Morgan fingerprint density at radius 2 is 2.12 bits per heavy atom. The van der Waals surface area contributed by atoms with Gasteiger partial charge < -0.3 is 5.32 Å². The van der Waals surface area contributed by atoms with Gasteiger partial charge in [0.05, 0.1) is 16.2 Å². The lowest BCUT2D eigenvalue weighted by Crippen LogP contribution is -2.29. The van der Waals surface area contributed by atoms with Gasteiger partial charge >= 0.3 is 0 Å². The molecule has 1 aliphatic rings. The van der Waals surface area contributed by atoms with E-state index < -0.39 is 20.9 Å². The number of hydrogen-bond acceptors (Lipinski definition) is 3. The lowest BCUT2D eigenvalue weighted by Gasteiger charge is -2.15. The van der Waals surface area contributed by atoms with Crippen LogP contribution in [0.25, 0.3) is 0 Å². The van der Waals surface area contributed by atoms with Gasteiger partial charge in [-0.05, 0) is 31.2 Å². The van der Waals surface area contributed by atoms with Crippen LogP contribution < -0.4 is 5.32 Å². The van der Waals surface area contributed by atoms with Crippen molar-refractivity contribution < 1.29 is 12.8 Å². The van der Waals surface area contributed by atoms with Crippen LogP contribution in [0.5, 0.6) is 0 Å². The molecular formula is C11H14FNO2S. The molecule has 5 heteroatoms. The monoisotopic (exact) mass is 243 g/mol. The highest BCUT2D eigenvalue weighted by atomic mass is 32.2. The predicted octanol–water partition coefficient (Wildman–Crippen LogP) is 1.65. The smallest absolute Gasteiger partial charge is 0.183 e. The van der Waals surface area contributed by atoms with E-state index in [2.05, 4.69) is 5.32 Å². The summed E-state index contributed by atoms with van der Waals surface area (Å²) in [6.07, 6.45) is 0. The van der Waals surface area contributed by atoms with Gasteiger partial charge in [0.1, 0.15) is 5.82 Å². The van der Waals surface area contributed by atoms with Crippen LogP contribution in [0, 0.1) is 5.82 Å². The summed E-state index contributed by atoms with van der Waals surface area (Å²) in [4.78, 5) is 0.131. The summed E-state index contributed by atoms with van der Waals surface area (Å²) >= 11 is 0. The molecule has 0 saturated carbocycles. The van der Waals surface area contributed by atoms with Crippen LogP contribution in [-0.4, -0.2) is 20.2 Å². The standard InChI is InChI=1S/C11H14FNO2S/c1-3-13-11-7(2)16(14,15)10-6-8(12)4-5-9(10)11/h4-7,11,13H,3H2,1-2H3. The highest BCUT2D eigenvalue weighted by Crippen LogP contribution is 2.38. The summed E-state index contributed by atoms with van der Waals surface area (Å²) in [7, 11) is -3.38. The molecule has 1 aromatic carbocycles. The first kappa shape index (κ1) is 11.5. The minimum Gasteiger partial charge on any atom is -0.309 e. The van der Waals surface area contributed by atoms with Crippen LogP contribution in [0.2, 0.25) is 0 Å². The van der Waals surface area contributed by atoms with Crippen LogP contribution in [0.3, 0.4) is 0 Å². The molecule has 0 saturated heterocycles. The van der Waals surface area contributed by atoms with E-state index in [9.17, 15) is 12.8 Å². The van der Waals surface area contributed by atoms with E-state index in [0.717, 1.165) is 6.07 Å². The minimum absolute atomic E-state index is 0.131. The van der Waals surface area contributed by atoms with Crippen molar-refractivity contribution >= 4 is 9.84 Å². The Morgan fingerprint density at radius 1 is 1.44 bits per heavy atom. The topological polar surface area (TPSA) is 46.2 Å². The van der Waals surface area contributed by atoms with E-state index in [4.69, 9.17) is 0 Å². The maximum atomic E-state index is 13.1. The fraction of sp³-hybridized carbons (Fsp3) is 0.455. The van der Waals surface area contributed by atoms with E-state index >= 15 is 0 Å². The van der Waals surface area contributed by atoms with Crippen molar-refractivity contribution in [2.24, 2.45) is 0 Å². The van der Waals surface area contributed by atoms with Crippen LogP contribution >= 0.6 is 0 Å². The molecule has 3 nitrogen and oxygen atoms in total. The van der Waals surface area contributed by atoms with Gasteiger partial charge in [0.15, 0.2) is 9.84 Å². The Labute approximate surface area is 94.6 Å². The van der Waals surface area contributed by atoms with E-state index in [-0.39, 0.29) is 10.9 Å². The largest absolute Gasteiger partial charge is 0.309 e. The molecule has 0 aromatic heterocycles. The summed E-state index contributed by atoms with van der Waals surface area (Å²) in [6.45, 7) is 4.25. The van der Waals surface area contributed by atoms with Crippen LogP contribution in [0.1, 0.15) is 25.5 Å². The molecule has 0 fully saturated rings. The maximum absolute atomic E-state index is 13.1. The Bertz CT molecular complexity index is 513. The first-order valence-corrected chi connectivity index (χ1v) is 6.80. The number of nitrogens with one attached hydrogen (secondary N) is 1. The number of rotatable bonds is 2. The van der Waals surface area contributed by atoms with Gasteiger partial charge in [-0.1, -0.05) is 13.0 Å². The second-order valence-electron chi connectivity index (χ2n) is 3.97. The van der Waals surface area contributed by atoms with Gasteiger partial charge in [-0.25, -0.2) is 12.8 Å². The summed E-state index contributed by atoms with van der Waals surface area (Å²) in [6, 6.07) is 3.74. The van der Waals surface area contributed by atoms with Gasteiger partial charge in [0, 0.05) is 0 Å². The second-order valence-corrected chi connectivity index (χ2v) is 6.24. The zero-order valence-electron chi connectivity index (χ0n) is 9.20. The van der Waals surface area contributed by atoms with E-state index in [1.54, 1.807) is 13.0 Å². The van der Waals surface area contributed by atoms with E-state index in [0.29, 0.717) is 12.1 Å². The average molecular weight is 243 g/mol. The molecule has 0 spiro atoms. The third-order valence-corrected chi connectivity index (χ3v) is 5.22. The molecule has 2 rings (SSSR count). The fourth-order valence-corrected chi connectivity index (χ4v) is 3.94. The highest BCUT2D eigenvalue weighted by molar-refractivity contribution is 7.92. The quantitative estimate of drug-likeness (QED) is 0.859. The van der Waals surface area contributed by atoms with Crippen molar-refractivity contribution in [3.05, 3.63) is 29.6 Å². The molecule has 1 aromatic rings. The molecule has 0 amide bonds. The second kappa shape index (κ2) is 3.82. The average Bonchev–Trinajstić information content (AvgIpc) is 2.41. The van der Waals surface area contributed by atoms with Gasteiger partial charge in [-0.3, -0.25) is 0 Å². The summed E-state index contributed by atoms with van der Waals surface area (Å²) in [5.74, 6) is -0.508. The Morgan fingerprint density at radius 3 is 2.75 bits per heavy atom. The van der Waals surface area contributed by atoms with Crippen molar-refractivity contribution in [2.45, 2.75) is 30.0 Å². The molecule has 2 atom stereocenters. The van der Waals surface area contributed by atoms with Crippen LogP contribution in [0.4, 0.5) is 4.39 Å². The third-order valence-electron chi connectivity index (χ3n) is 3.00. The van der Waals surface area contributed by atoms with E-state index in [1.807, 2.05) is 6.92 Å². The fourth-order valence-electron chi connectivity index (χ4n) is 2.14. The molecule has 16 heavy (non-hydrogen) atoms.